The molecule has 1 aliphatic heterocycles. The number of rotatable bonds is 8. The lowest BCUT2D eigenvalue weighted by Crippen LogP contribution is -2.39. The summed E-state index contributed by atoms with van der Waals surface area (Å²) in [5.41, 5.74) is -2.09. The van der Waals surface area contributed by atoms with E-state index in [4.69, 9.17) is 4.42 Å². The highest BCUT2D eigenvalue weighted by molar-refractivity contribution is 8.00. The van der Waals surface area contributed by atoms with Gasteiger partial charge in [-0.2, -0.15) is 13.2 Å². The number of furan rings is 1. The van der Waals surface area contributed by atoms with Crippen LogP contribution >= 0.6 is 11.8 Å². The largest absolute Gasteiger partial charge is 0.505 e. The minimum Gasteiger partial charge on any atom is -0.505 e. The lowest BCUT2D eigenvalue weighted by atomic mass is 9.99. The Labute approximate surface area is 208 Å². The molecular weight excluding hydrogens is 499 g/mol. The van der Waals surface area contributed by atoms with Gasteiger partial charge in [0.1, 0.15) is 29.4 Å². The average Bonchev–Trinajstić information content (AvgIpc) is 3.47. The molecular formula is C24H24F3N3O5S. The number of alkyl halides is 3. The molecule has 12 heteroatoms. The summed E-state index contributed by atoms with van der Waals surface area (Å²) in [7, 11) is 0.964. The van der Waals surface area contributed by atoms with Crippen molar-refractivity contribution in [1.82, 2.24) is 4.90 Å². The lowest BCUT2D eigenvalue weighted by molar-refractivity contribution is -0.138. The Bertz CT molecular complexity index is 1350. The summed E-state index contributed by atoms with van der Waals surface area (Å²) in [5.74, 6) is 0.764. The minimum atomic E-state index is -4.61. The van der Waals surface area contributed by atoms with E-state index in [1.807, 2.05) is 19.1 Å². The van der Waals surface area contributed by atoms with Crippen molar-refractivity contribution in [2.45, 2.75) is 30.7 Å². The van der Waals surface area contributed by atoms with Gasteiger partial charge in [-0.15, -0.1) is 11.8 Å². The molecule has 1 aromatic heterocycles. The van der Waals surface area contributed by atoms with Crippen molar-refractivity contribution >= 4 is 34.7 Å². The van der Waals surface area contributed by atoms with Gasteiger partial charge in [0.15, 0.2) is 5.75 Å². The zero-order valence-corrected chi connectivity index (χ0v) is 20.3. The molecule has 4 rings (SSSR count). The molecule has 1 fully saturated rings. The molecule has 8 nitrogen and oxygen atoms in total. The average molecular weight is 524 g/mol. The van der Waals surface area contributed by atoms with E-state index in [1.165, 1.54) is 18.2 Å². The number of benzene rings is 1. The summed E-state index contributed by atoms with van der Waals surface area (Å²) in [6.45, 7) is 0.663. The fourth-order valence-electron chi connectivity index (χ4n) is 4.21. The number of halogens is 3. The van der Waals surface area contributed by atoms with Crippen molar-refractivity contribution < 1.29 is 27.5 Å². The molecule has 1 unspecified atom stereocenters. The van der Waals surface area contributed by atoms with E-state index in [0.29, 0.717) is 11.4 Å². The van der Waals surface area contributed by atoms with Crippen LogP contribution in [0.15, 0.2) is 44.3 Å². The van der Waals surface area contributed by atoms with Crippen LogP contribution in [-0.4, -0.2) is 48.0 Å². The molecule has 1 saturated heterocycles. The standard InChI is InChI=1S/C24H24F3N3O5S/c1-13-7-8-16(35-13)23(9-4-10-36-23)11-28-17-18(21(33)20(17)32)29-15-6-3-5-14(19(15)31)22(34)30(2)12-24(25,26)27/h3,5-8,28-29,31H,4,9-12H2,1-2H3. The molecule has 0 spiro atoms. The Morgan fingerprint density at radius 1 is 1.19 bits per heavy atom. The van der Waals surface area contributed by atoms with Crippen molar-refractivity contribution in [3.05, 3.63) is 67.9 Å². The number of aromatic hydroxyl groups is 1. The second kappa shape index (κ2) is 9.57. The Kier molecular flexibility index (Phi) is 6.82. The van der Waals surface area contributed by atoms with Crippen LogP contribution < -0.4 is 21.5 Å². The number of nitrogens with one attached hydrogen (secondary N) is 2. The third-order valence-corrected chi connectivity index (χ3v) is 7.64. The minimum absolute atomic E-state index is 0.0282. The number of aryl methyl sites for hydroxylation is 1. The molecule has 1 aliphatic rings. The first-order valence-electron chi connectivity index (χ1n) is 11.1. The first-order chi connectivity index (χ1) is 16.9. The van der Waals surface area contributed by atoms with E-state index in [0.717, 1.165) is 37.2 Å². The van der Waals surface area contributed by atoms with E-state index in [9.17, 15) is 32.7 Å². The number of anilines is 3. The first-order valence-corrected chi connectivity index (χ1v) is 12.1. The highest BCUT2D eigenvalue weighted by Gasteiger charge is 2.40. The summed E-state index contributed by atoms with van der Waals surface area (Å²) in [6.07, 6.45) is -2.84. The number of hydrogen-bond donors (Lipinski definition) is 3. The lowest BCUT2D eigenvalue weighted by Gasteiger charge is -2.27. The maximum Gasteiger partial charge on any atom is 0.406 e. The normalized spacial score (nSPS) is 17.9. The topological polar surface area (TPSA) is 112 Å². The van der Waals surface area contributed by atoms with E-state index in [-0.39, 0.29) is 22.6 Å². The van der Waals surface area contributed by atoms with Crippen LogP contribution in [0.2, 0.25) is 0 Å². The predicted octanol–water partition coefficient (Wildman–Crippen LogP) is 4.10. The predicted molar refractivity (Wildman–Crippen MR) is 131 cm³/mol. The molecule has 0 bridgehead atoms. The number of nitrogens with zero attached hydrogens (tertiary/aromatic N) is 1. The molecule has 3 aromatic rings. The monoisotopic (exact) mass is 523 g/mol. The van der Waals surface area contributed by atoms with Crippen LogP contribution in [0.5, 0.6) is 5.75 Å². The zero-order valence-electron chi connectivity index (χ0n) is 19.5. The van der Waals surface area contributed by atoms with Gasteiger partial charge in [0, 0.05) is 13.6 Å². The second-order valence-corrected chi connectivity index (χ2v) is 10.2. The third-order valence-electron chi connectivity index (χ3n) is 6.04. The quantitative estimate of drug-likeness (QED) is 0.299. The summed E-state index contributed by atoms with van der Waals surface area (Å²) in [6, 6.07) is 7.62. The van der Waals surface area contributed by atoms with Crippen LogP contribution in [0, 0.1) is 6.92 Å². The Balaban J connectivity index is 1.54. The van der Waals surface area contributed by atoms with Crippen molar-refractivity contribution in [3.8, 4) is 5.75 Å². The van der Waals surface area contributed by atoms with Gasteiger partial charge >= 0.3 is 6.18 Å². The summed E-state index contributed by atoms with van der Waals surface area (Å²) >= 11 is 1.70. The van der Waals surface area contributed by atoms with Crippen molar-refractivity contribution in [2.24, 2.45) is 0 Å². The van der Waals surface area contributed by atoms with Crippen molar-refractivity contribution in [3.63, 3.8) is 0 Å². The van der Waals surface area contributed by atoms with Gasteiger partial charge in [-0.1, -0.05) is 6.07 Å². The van der Waals surface area contributed by atoms with E-state index in [2.05, 4.69) is 10.6 Å². The number of carbonyl (C=O) groups is 1. The van der Waals surface area contributed by atoms with Gasteiger partial charge in [0.05, 0.1) is 16.0 Å². The van der Waals surface area contributed by atoms with Gasteiger partial charge in [-0.25, -0.2) is 0 Å². The van der Waals surface area contributed by atoms with Crippen LogP contribution in [0.1, 0.15) is 34.7 Å². The zero-order chi connectivity index (χ0) is 26.3. The highest BCUT2D eigenvalue weighted by Crippen LogP contribution is 2.47. The molecule has 3 N–H and O–H groups in total. The fraction of sp³-hybridized carbons (Fsp3) is 0.375. The smallest absolute Gasteiger partial charge is 0.406 e. The number of para-hydroxylation sites is 1. The number of phenolic OH excluding ortho intramolecular Hbond substituents is 1. The molecule has 0 aliphatic carbocycles. The van der Waals surface area contributed by atoms with Gasteiger partial charge in [0.25, 0.3) is 16.8 Å². The highest BCUT2D eigenvalue weighted by atomic mass is 32.2. The van der Waals surface area contributed by atoms with Gasteiger partial charge < -0.3 is 25.1 Å². The number of thioether (sulfide) groups is 1. The van der Waals surface area contributed by atoms with E-state index in [1.54, 1.807) is 11.8 Å². The molecule has 0 saturated carbocycles. The van der Waals surface area contributed by atoms with Crippen LogP contribution in [0.3, 0.4) is 0 Å². The van der Waals surface area contributed by atoms with Crippen molar-refractivity contribution in [2.75, 3.05) is 36.5 Å². The van der Waals surface area contributed by atoms with E-state index >= 15 is 0 Å². The molecule has 0 radical (unpaired) electrons. The summed E-state index contributed by atoms with van der Waals surface area (Å²) < 4.78 is 43.4. The molecule has 2 heterocycles. The molecule has 192 valence electrons. The van der Waals surface area contributed by atoms with E-state index < -0.39 is 40.0 Å². The molecule has 1 amide bonds. The number of hydrogen-bond acceptors (Lipinski definition) is 8. The number of phenols is 1. The third kappa shape index (κ3) is 4.95. The number of carbonyl (C=O) groups excluding carboxylic acids is 1. The van der Waals surface area contributed by atoms with Gasteiger partial charge in [-0.3, -0.25) is 14.4 Å². The van der Waals surface area contributed by atoms with Crippen LogP contribution in [0.4, 0.5) is 30.2 Å². The van der Waals surface area contributed by atoms with Gasteiger partial charge in [-0.05, 0) is 49.8 Å². The number of amides is 1. The van der Waals surface area contributed by atoms with Crippen LogP contribution in [0.25, 0.3) is 0 Å². The second-order valence-electron chi connectivity index (χ2n) is 8.72. The van der Waals surface area contributed by atoms with Gasteiger partial charge in [0.2, 0.25) is 0 Å². The first kappa shape index (κ1) is 25.7. The fourth-order valence-corrected chi connectivity index (χ4v) is 5.60. The van der Waals surface area contributed by atoms with Crippen molar-refractivity contribution in [1.29, 1.82) is 0 Å². The summed E-state index contributed by atoms with van der Waals surface area (Å²) in [5, 5.41) is 16.3. The van der Waals surface area contributed by atoms with Crippen LogP contribution in [-0.2, 0) is 4.75 Å². The maximum absolute atomic E-state index is 12.7. The maximum atomic E-state index is 12.7. The Morgan fingerprint density at radius 2 is 1.92 bits per heavy atom. The molecule has 2 aromatic carbocycles. The SMILES string of the molecule is Cc1ccc(C2(CNc3c(Nc4cccc(C(=O)N(C)CC(F)(F)F)c4O)c(=O)c3=O)CCCS2)o1. The molecule has 1 atom stereocenters. The Hall–Kier alpha value is -3.41. The Morgan fingerprint density at radius 3 is 2.53 bits per heavy atom. The molecule has 36 heavy (non-hydrogen) atoms. The summed E-state index contributed by atoms with van der Waals surface area (Å²) in [4.78, 5) is 37.5.